The van der Waals surface area contributed by atoms with Crippen LogP contribution in [0.15, 0.2) is 5.38 Å². The Labute approximate surface area is 112 Å². The molecule has 0 aliphatic rings. The third kappa shape index (κ3) is 4.00. The molecule has 0 radical (unpaired) electrons. The molecule has 5 heteroatoms. The Morgan fingerprint density at radius 1 is 1.47 bits per heavy atom. The lowest BCUT2D eigenvalue weighted by Crippen LogP contribution is -2.27. The molecule has 1 amide bonds. The highest BCUT2D eigenvalue weighted by molar-refractivity contribution is 7.81. The largest absolute Gasteiger partial charge is 0.301 e. The number of anilines is 1. The second-order valence-electron chi connectivity index (χ2n) is 5.47. The van der Waals surface area contributed by atoms with Crippen LogP contribution in [-0.4, -0.2) is 16.1 Å². The van der Waals surface area contributed by atoms with Crippen molar-refractivity contribution in [2.24, 2.45) is 5.92 Å². The zero-order chi connectivity index (χ0) is 13.2. The molecule has 0 spiro atoms. The number of rotatable bonds is 3. The molecule has 0 aliphatic heterocycles. The zero-order valence-electron chi connectivity index (χ0n) is 10.9. The summed E-state index contributed by atoms with van der Waals surface area (Å²) in [6.07, 6.45) is 0. The lowest BCUT2D eigenvalue weighted by Gasteiger charge is -2.15. The molecule has 1 N–H and O–H groups in total. The number of nitrogens with one attached hydrogen (secondary N) is 1. The van der Waals surface area contributed by atoms with Gasteiger partial charge in [0.15, 0.2) is 5.13 Å². The number of hydrogen-bond donors (Lipinski definition) is 2. The molecule has 1 unspecified atom stereocenters. The summed E-state index contributed by atoms with van der Waals surface area (Å²) in [6.45, 7) is 10.2. The summed E-state index contributed by atoms with van der Waals surface area (Å²) >= 11 is 5.74. The van der Waals surface area contributed by atoms with Crippen molar-refractivity contribution in [2.75, 3.05) is 5.32 Å². The molecule has 3 nitrogen and oxygen atoms in total. The normalized spacial score (nSPS) is 13.8. The Morgan fingerprint density at radius 3 is 2.47 bits per heavy atom. The zero-order valence-corrected chi connectivity index (χ0v) is 12.7. The standard InChI is InChI=1S/C12H20N2OS2/c1-7(2)9(16)10(15)14-11-13-8(6-17-11)12(3,4)5/h6-7,9,16H,1-5H3,(H,13,14,15). The number of amides is 1. The van der Waals surface area contributed by atoms with Crippen LogP contribution < -0.4 is 5.32 Å². The van der Waals surface area contributed by atoms with Crippen LogP contribution in [0, 0.1) is 5.92 Å². The highest BCUT2D eigenvalue weighted by Crippen LogP contribution is 2.26. The summed E-state index contributed by atoms with van der Waals surface area (Å²) in [5.41, 5.74) is 1.01. The minimum Gasteiger partial charge on any atom is -0.301 e. The third-order valence-corrected chi connectivity index (χ3v) is 3.99. The number of thiol groups is 1. The molecule has 0 saturated carbocycles. The molecule has 0 aliphatic carbocycles. The summed E-state index contributed by atoms with van der Waals surface area (Å²) in [6, 6.07) is 0. The summed E-state index contributed by atoms with van der Waals surface area (Å²) in [5.74, 6) is 0.124. The highest BCUT2D eigenvalue weighted by Gasteiger charge is 2.21. The third-order valence-electron chi connectivity index (χ3n) is 2.40. The molecule has 1 rings (SSSR count). The van der Waals surface area contributed by atoms with Crippen LogP contribution in [-0.2, 0) is 10.2 Å². The van der Waals surface area contributed by atoms with Crippen LogP contribution in [0.3, 0.4) is 0 Å². The van der Waals surface area contributed by atoms with Crippen LogP contribution in [0.1, 0.15) is 40.3 Å². The molecule has 1 aromatic heterocycles. The molecule has 17 heavy (non-hydrogen) atoms. The van der Waals surface area contributed by atoms with Crippen molar-refractivity contribution >= 4 is 35.0 Å². The molecule has 0 aromatic carbocycles. The van der Waals surface area contributed by atoms with Crippen LogP contribution in [0.2, 0.25) is 0 Å². The fraction of sp³-hybridized carbons (Fsp3) is 0.667. The maximum absolute atomic E-state index is 11.8. The minimum absolute atomic E-state index is 0.0118. The van der Waals surface area contributed by atoms with Gasteiger partial charge in [0.2, 0.25) is 5.91 Å². The number of aromatic nitrogens is 1. The highest BCUT2D eigenvalue weighted by atomic mass is 32.1. The van der Waals surface area contributed by atoms with Crippen molar-refractivity contribution < 1.29 is 4.79 Å². The first-order valence-corrected chi connectivity index (χ1v) is 7.06. The SMILES string of the molecule is CC(C)C(S)C(=O)Nc1nc(C(C)(C)C)cs1. The van der Waals surface area contributed by atoms with E-state index in [2.05, 4.69) is 43.7 Å². The van der Waals surface area contributed by atoms with Gasteiger partial charge >= 0.3 is 0 Å². The second-order valence-corrected chi connectivity index (χ2v) is 6.88. The van der Waals surface area contributed by atoms with Gasteiger partial charge in [-0.15, -0.1) is 11.3 Å². The first-order chi connectivity index (χ1) is 7.71. The Bertz CT molecular complexity index is 393. The lowest BCUT2D eigenvalue weighted by molar-refractivity contribution is -0.116. The van der Waals surface area contributed by atoms with Gasteiger partial charge in [-0.2, -0.15) is 12.6 Å². The fourth-order valence-electron chi connectivity index (χ4n) is 1.16. The van der Waals surface area contributed by atoms with Crippen LogP contribution in [0.4, 0.5) is 5.13 Å². The van der Waals surface area contributed by atoms with Crippen LogP contribution in [0.5, 0.6) is 0 Å². The van der Waals surface area contributed by atoms with Crippen molar-refractivity contribution in [2.45, 2.75) is 45.3 Å². The van der Waals surface area contributed by atoms with Gasteiger partial charge < -0.3 is 5.32 Å². The molecule has 1 atom stereocenters. The molecule has 0 fully saturated rings. The summed E-state index contributed by atoms with van der Waals surface area (Å²) < 4.78 is 0. The molecule has 1 heterocycles. The molecule has 0 saturated heterocycles. The molecule has 96 valence electrons. The number of thiazole rings is 1. The minimum atomic E-state index is -0.294. The summed E-state index contributed by atoms with van der Waals surface area (Å²) in [7, 11) is 0. The summed E-state index contributed by atoms with van der Waals surface area (Å²) in [5, 5.41) is 5.15. The van der Waals surface area contributed by atoms with Gasteiger partial charge in [0, 0.05) is 10.8 Å². The average Bonchev–Trinajstić information content (AvgIpc) is 2.64. The van der Waals surface area contributed by atoms with Gasteiger partial charge in [0.25, 0.3) is 0 Å². The molecule has 0 bridgehead atoms. The lowest BCUT2D eigenvalue weighted by atomic mass is 9.93. The first-order valence-electron chi connectivity index (χ1n) is 5.66. The van der Waals surface area contributed by atoms with Gasteiger partial charge in [-0.25, -0.2) is 4.98 Å². The first kappa shape index (κ1) is 14.5. The van der Waals surface area contributed by atoms with Gasteiger partial charge in [-0.3, -0.25) is 4.79 Å². The maximum atomic E-state index is 11.8. The molecular weight excluding hydrogens is 252 g/mol. The number of hydrogen-bond acceptors (Lipinski definition) is 4. The Morgan fingerprint density at radius 2 is 2.06 bits per heavy atom. The quantitative estimate of drug-likeness (QED) is 0.829. The van der Waals surface area contributed by atoms with Crippen LogP contribution >= 0.6 is 24.0 Å². The van der Waals surface area contributed by atoms with E-state index >= 15 is 0 Å². The van der Waals surface area contributed by atoms with E-state index < -0.39 is 0 Å². The average molecular weight is 272 g/mol. The molecule has 1 aromatic rings. The van der Waals surface area contributed by atoms with Gasteiger partial charge in [-0.1, -0.05) is 34.6 Å². The maximum Gasteiger partial charge on any atom is 0.239 e. The Hall–Kier alpha value is -0.550. The molecular formula is C12H20N2OS2. The van der Waals surface area contributed by atoms with E-state index in [-0.39, 0.29) is 22.5 Å². The van der Waals surface area contributed by atoms with Crippen molar-refractivity contribution in [1.29, 1.82) is 0 Å². The van der Waals surface area contributed by atoms with Crippen molar-refractivity contribution in [1.82, 2.24) is 4.98 Å². The van der Waals surface area contributed by atoms with E-state index in [1.54, 1.807) is 0 Å². The monoisotopic (exact) mass is 272 g/mol. The topological polar surface area (TPSA) is 42.0 Å². The van der Waals surface area contributed by atoms with Gasteiger partial charge in [0.1, 0.15) is 0 Å². The predicted octanol–water partition coefficient (Wildman–Crippen LogP) is 3.33. The van der Waals surface area contributed by atoms with Crippen molar-refractivity contribution in [3.63, 3.8) is 0 Å². The smallest absolute Gasteiger partial charge is 0.239 e. The Kier molecular flexibility index (Phi) is 4.61. The van der Waals surface area contributed by atoms with E-state index in [1.807, 2.05) is 19.2 Å². The van der Waals surface area contributed by atoms with Gasteiger partial charge in [-0.05, 0) is 5.92 Å². The predicted molar refractivity (Wildman–Crippen MR) is 77.1 cm³/mol. The van der Waals surface area contributed by atoms with E-state index in [1.165, 1.54) is 11.3 Å². The number of carbonyl (C=O) groups is 1. The summed E-state index contributed by atoms with van der Waals surface area (Å²) in [4.78, 5) is 16.2. The van der Waals surface area contributed by atoms with Crippen molar-refractivity contribution in [3.05, 3.63) is 11.1 Å². The van der Waals surface area contributed by atoms with E-state index in [4.69, 9.17) is 0 Å². The van der Waals surface area contributed by atoms with Crippen LogP contribution in [0.25, 0.3) is 0 Å². The van der Waals surface area contributed by atoms with Gasteiger partial charge in [0.05, 0.1) is 10.9 Å². The van der Waals surface area contributed by atoms with Crippen molar-refractivity contribution in [3.8, 4) is 0 Å². The fourth-order valence-corrected chi connectivity index (χ4v) is 2.16. The number of nitrogens with zero attached hydrogens (tertiary/aromatic N) is 1. The van der Waals surface area contributed by atoms with E-state index in [0.29, 0.717) is 5.13 Å². The van der Waals surface area contributed by atoms with E-state index in [9.17, 15) is 4.79 Å². The van der Waals surface area contributed by atoms with E-state index in [0.717, 1.165) is 5.69 Å². The number of carbonyl (C=O) groups excluding carboxylic acids is 1. The Balaban J connectivity index is 2.71. The second kappa shape index (κ2) is 5.40.